The van der Waals surface area contributed by atoms with Gasteiger partial charge in [-0.3, -0.25) is 14.3 Å². The molecule has 0 aromatic carbocycles. The second-order valence-electron chi connectivity index (χ2n) is 8.65. The summed E-state index contributed by atoms with van der Waals surface area (Å²) in [5.41, 5.74) is 0.873. The summed E-state index contributed by atoms with van der Waals surface area (Å²) in [6.45, 7) is 7.43. The van der Waals surface area contributed by atoms with Gasteiger partial charge in [-0.15, -0.1) is 0 Å². The molecule has 1 saturated carbocycles. The van der Waals surface area contributed by atoms with Crippen LogP contribution in [0.15, 0.2) is 6.07 Å². The molecule has 30 heavy (non-hydrogen) atoms. The summed E-state index contributed by atoms with van der Waals surface area (Å²) < 4.78 is 13.2. The van der Waals surface area contributed by atoms with Gasteiger partial charge in [-0.05, 0) is 45.6 Å². The molecule has 1 aliphatic carbocycles. The van der Waals surface area contributed by atoms with E-state index >= 15 is 0 Å². The third-order valence-electron chi connectivity index (χ3n) is 6.48. The first-order valence-corrected chi connectivity index (χ1v) is 11.5. The number of carbonyl (C=O) groups is 2. The van der Waals surface area contributed by atoms with E-state index in [1.54, 1.807) is 4.68 Å². The fraction of sp³-hybridized carbons (Fsp3) is 0.773. The number of rotatable bonds is 7. The molecule has 1 atom stereocenters. The van der Waals surface area contributed by atoms with E-state index in [1.165, 1.54) is 0 Å². The molecule has 8 heteroatoms. The molecule has 2 amide bonds. The Balaban J connectivity index is 1.41. The lowest BCUT2D eigenvalue weighted by atomic mass is 9.91. The van der Waals surface area contributed by atoms with Crippen LogP contribution in [0.2, 0.25) is 0 Å². The Morgan fingerprint density at radius 1 is 1.27 bits per heavy atom. The lowest BCUT2D eigenvalue weighted by Gasteiger charge is -2.42. The van der Waals surface area contributed by atoms with Gasteiger partial charge in [-0.25, -0.2) is 0 Å². The Labute approximate surface area is 178 Å². The van der Waals surface area contributed by atoms with Crippen LogP contribution >= 0.6 is 0 Å². The summed E-state index contributed by atoms with van der Waals surface area (Å²) in [6, 6.07) is 1.88. The van der Waals surface area contributed by atoms with E-state index < -0.39 is 5.60 Å². The molecule has 2 saturated heterocycles. The third-order valence-corrected chi connectivity index (χ3v) is 6.48. The zero-order valence-corrected chi connectivity index (χ0v) is 18.2. The first kappa shape index (κ1) is 21.3. The third kappa shape index (κ3) is 4.39. The zero-order chi connectivity index (χ0) is 21.1. The zero-order valence-electron chi connectivity index (χ0n) is 18.2. The van der Waals surface area contributed by atoms with Gasteiger partial charge in [0.2, 0.25) is 0 Å². The van der Waals surface area contributed by atoms with E-state index in [0.29, 0.717) is 63.9 Å². The van der Waals surface area contributed by atoms with Crippen molar-refractivity contribution in [3.8, 4) is 0 Å². The average molecular weight is 419 g/mol. The molecule has 3 aliphatic rings. The second-order valence-corrected chi connectivity index (χ2v) is 8.65. The molecule has 1 unspecified atom stereocenters. The molecule has 4 rings (SSSR count). The average Bonchev–Trinajstić information content (AvgIpc) is 3.52. The maximum absolute atomic E-state index is 13.4. The standard InChI is InChI=1S/C22H34N4O4/c1-3-26-19(14-18(24-26)16-7-8-16)20(27)23-17-6-5-11-25(15-17)21(28)22(30-4-2)9-12-29-13-10-22/h14,16-17H,3-13,15H2,1-2H3,(H,23,27). The normalized spacial score (nSPS) is 23.9. The minimum absolute atomic E-state index is 0.0428. The highest BCUT2D eigenvalue weighted by Gasteiger charge is 2.44. The van der Waals surface area contributed by atoms with Crippen LogP contribution in [-0.4, -0.2) is 71.0 Å². The largest absolute Gasteiger partial charge is 0.381 e. The monoisotopic (exact) mass is 418 g/mol. The van der Waals surface area contributed by atoms with Gasteiger partial charge < -0.3 is 19.7 Å². The predicted octanol–water partition coefficient (Wildman–Crippen LogP) is 2.09. The minimum atomic E-state index is -0.779. The topological polar surface area (TPSA) is 85.7 Å². The lowest BCUT2D eigenvalue weighted by molar-refractivity contribution is -0.172. The summed E-state index contributed by atoms with van der Waals surface area (Å²) in [5.74, 6) is 0.462. The van der Waals surface area contributed by atoms with Crippen LogP contribution in [0.1, 0.15) is 74.5 Å². The highest BCUT2D eigenvalue weighted by Crippen LogP contribution is 2.39. The van der Waals surface area contributed by atoms with Gasteiger partial charge in [0.1, 0.15) is 5.69 Å². The smallest absolute Gasteiger partial charge is 0.269 e. The van der Waals surface area contributed by atoms with Crippen molar-refractivity contribution in [2.45, 2.75) is 76.5 Å². The first-order chi connectivity index (χ1) is 14.6. The van der Waals surface area contributed by atoms with Gasteiger partial charge in [0, 0.05) is 64.3 Å². The van der Waals surface area contributed by atoms with Gasteiger partial charge >= 0.3 is 0 Å². The van der Waals surface area contributed by atoms with Crippen LogP contribution in [0.4, 0.5) is 0 Å². The summed E-state index contributed by atoms with van der Waals surface area (Å²) in [6.07, 6.45) is 5.24. The number of ether oxygens (including phenoxy) is 2. The molecule has 3 fully saturated rings. The Kier molecular flexibility index (Phi) is 6.43. The number of nitrogens with one attached hydrogen (secondary N) is 1. The van der Waals surface area contributed by atoms with Gasteiger partial charge in [0.15, 0.2) is 5.60 Å². The SMILES string of the molecule is CCOC1(C(=O)N2CCCC(NC(=O)c3cc(C4CC4)nn3CC)C2)CCOCC1. The molecule has 0 spiro atoms. The van der Waals surface area contributed by atoms with E-state index in [1.807, 2.05) is 24.8 Å². The molecular formula is C22H34N4O4. The van der Waals surface area contributed by atoms with Crippen LogP contribution in [0, 0.1) is 0 Å². The van der Waals surface area contributed by atoms with Crippen molar-refractivity contribution in [3.05, 3.63) is 17.5 Å². The maximum Gasteiger partial charge on any atom is 0.269 e. The number of carbonyl (C=O) groups excluding carboxylic acids is 2. The van der Waals surface area contributed by atoms with Crippen molar-refractivity contribution in [1.82, 2.24) is 20.0 Å². The summed E-state index contributed by atoms with van der Waals surface area (Å²) in [7, 11) is 0. The van der Waals surface area contributed by atoms with E-state index in [-0.39, 0.29) is 17.9 Å². The molecule has 8 nitrogen and oxygen atoms in total. The maximum atomic E-state index is 13.4. The minimum Gasteiger partial charge on any atom is -0.381 e. The van der Waals surface area contributed by atoms with Crippen molar-refractivity contribution in [2.75, 3.05) is 32.9 Å². The van der Waals surface area contributed by atoms with Crippen molar-refractivity contribution < 1.29 is 19.1 Å². The van der Waals surface area contributed by atoms with Crippen LogP contribution in [-0.2, 0) is 20.8 Å². The van der Waals surface area contributed by atoms with E-state index in [4.69, 9.17) is 9.47 Å². The van der Waals surface area contributed by atoms with Crippen LogP contribution < -0.4 is 5.32 Å². The molecule has 1 aromatic rings. The van der Waals surface area contributed by atoms with Crippen molar-refractivity contribution in [2.24, 2.45) is 0 Å². The van der Waals surface area contributed by atoms with E-state index in [0.717, 1.165) is 31.4 Å². The number of nitrogens with zero attached hydrogens (tertiary/aromatic N) is 3. The van der Waals surface area contributed by atoms with Crippen molar-refractivity contribution in [1.29, 1.82) is 0 Å². The van der Waals surface area contributed by atoms with Gasteiger partial charge in [0.25, 0.3) is 11.8 Å². The Hall–Kier alpha value is -1.93. The number of aromatic nitrogens is 2. The van der Waals surface area contributed by atoms with Crippen LogP contribution in [0.5, 0.6) is 0 Å². The van der Waals surface area contributed by atoms with Gasteiger partial charge in [-0.2, -0.15) is 5.10 Å². The number of piperidine rings is 1. The quantitative estimate of drug-likeness (QED) is 0.733. The first-order valence-electron chi connectivity index (χ1n) is 11.5. The Bertz CT molecular complexity index is 762. The highest BCUT2D eigenvalue weighted by molar-refractivity contribution is 5.93. The molecule has 0 radical (unpaired) electrons. The van der Waals surface area contributed by atoms with Crippen molar-refractivity contribution in [3.63, 3.8) is 0 Å². The highest BCUT2D eigenvalue weighted by atomic mass is 16.5. The fourth-order valence-corrected chi connectivity index (χ4v) is 4.66. The molecule has 1 N–H and O–H groups in total. The number of hydrogen-bond donors (Lipinski definition) is 1. The number of amides is 2. The summed E-state index contributed by atoms with van der Waals surface area (Å²) >= 11 is 0. The van der Waals surface area contributed by atoms with E-state index in [2.05, 4.69) is 10.4 Å². The predicted molar refractivity (Wildman–Crippen MR) is 111 cm³/mol. The van der Waals surface area contributed by atoms with Crippen LogP contribution in [0.25, 0.3) is 0 Å². The molecule has 1 aromatic heterocycles. The molecule has 0 bridgehead atoms. The molecular weight excluding hydrogens is 384 g/mol. The summed E-state index contributed by atoms with van der Waals surface area (Å²) in [4.78, 5) is 28.2. The molecule has 3 heterocycles. The lowest BCUT2D eigenvalue weighted by Crippen LogP contribution is -2.58. The number of hydrogen-bond acceptors (Lipinski definition) is 5. The second kappa shape index (κ2) is 9.06. The van der Waals surface area contributed by atoms with Crippen molar-refractivity contribution >= 4 is 11.8 Å². The number of likely N-dealkylation sites (tertiary alicyclic amines) is 1. The van der Waals surface area contributed by atoms with Crippen LogP contribution in [0.3, 0.4) is 0 Å². The number of aryl methyl sites for hydroxylation is 1. The van der Waals surface area contributed by atoms with Gasteiger partial charge in [0.05, 0.1) is 5.69 Å². The Morgan fingerprint density at radius 3 is 2.70 bits per heavy atom. The fourth-order valence-electron chi connectivity index (χ4n) is 4.66. The molecule has 2 aliphatic heterocycles. The van der Waals surface area contributed by atoms with Gasteiger partial charge in [-0.1, -0.05) is 0 Å². The summed E-state index contributed by atoms with van der Waals surface area (Å²) in [5, 5.41) is 7.76. The van der Waals surface area contributed by atoms with E-state index in [9.17, 15) is 9.59 Å². The molecule has 166 valence electrons. The Morgan fingerprint density at radius 2 is 2.03 bits per heavy atom.